The lowest BCUT2D eigenvalue weighted by Gasteiger charge is -2.24. The zero-order chi connectivity index (χ0) is 12.2. The van der Waals surface area contributed by atoms with E-state index >= 15 is 0 Å². The highest BCUT2D eigenvalue weighted by Gasteiger charge is 2.44. The Balaban J connectivity index is 2.59. The Morgan fingerprint density at radius 1 is 1.62 bits per heavy atom. The number of urea groups is 1. The number of hydrogen-bond donors (Lipinski definition) is 3. The second-order valence-electron chi connectivity index (χ2n) is 3.81. The molecule has 2 amide bonds. The maximum atomic E-state index is 11.5. The van der Waals surface area contributed by atoms with Crippen molar-refractivity contribution in [2.45, 2.75) is 24.9 Å². The van der Waals surface area contributed by atoms with Gasteiger partial charge in [-0.2, -0.15) is 0 Å². The zero-order valence-corrected chi connectivity index (χ0v) is 9.16. The van der Waals surface area contributed by atoms with Crippen molar-refractivity contribution in [3.8, 4) is 0 Å². The molecule has 6 heteroatoms. The number of carbonyl (C=O) groups is 2. The van der Waals surface area contributed by atoms with Crippen LogP contribution in [0.25, 0.3) is 0 Å². The van der Waals surface area contributed by atoms with Gasteiger partial charge in [0.05, 0.1) is 6.61 Å². The van der Waals surface area contributed by atoms with Gasteiger partial charge in [-0.3, -0.25) is 0 Å². The fourth-order valence-corrected chi connectivity index (χ4v) is 1.40. The highest BCUT2D eigenvalue weighted by Crippen LogP contribution is 2.18. The Hall–Kier alpha value is -1.56. The van der Waals surface area contributed by atoms with Gasteiger partial charge in [0.1, 0.15) is 0 Å². The van der Waals surface area contributed by atoms with Crippen LogP contribution in [0.4, 0.5) is 4.79 Å². The summed E-state index contributed by atoms with van der Waals surface area (Å²) in [5.74, 6) is -1.08. The maximum absolute atomic E-state index is 11.5. The van der Waals surface area contributed by atoms with E-state index in [0.717, 1.165) is 0 Å². The van der Waals surface area contributed by atoms with Gasteiger partial charge in [0.25, 0.3) is 0 Å². The summed E-state index contributed by atoms with van der Waals surface area (Å²) in [6, 6.07) is -0.742. The van der Waals surface area contributed by atoms with Gasteiger partial charge in [-0.25, -0.2) is 9.59 Å². The topological polar surface area (TPSA) is 87.7 Å². The molecular formula is C10H16N2O4. The lowest BCUT2D eigenvalue weighted by Crippen LogP contribution is -2.58. The van der Waals surface area contributed by atoms with Crippen LogP contribution >= 0.6 is 0 Å². The summed E-state index contributed by atoms with van der Waals surface area (Å²) < 4.78 is 5.01. The van der Waals surface area contributed by atoms with E-state index in [-0.39, 0.29) is 19.1 Å². The summed E-state index contributed by atoms with van der Waals surface area (Å²) in [7, 11) is 0. The first-order valence-corrected chi connectivity index (χ1v) is 5.02. The van der Waals surface area contributed by atoms with Crippen molar-refractivity contribution in [3.05, 3.63) is 12.7 Å². The van der Waals surface area contributed by atoms with Crippen LogP contribution < -0.4 is 10.6 Å². The van der Waals surface area contributed by atoms with Crippen LogP contribution in [-0.4, -0.2) is 41.9 Å². The average Bonchev–Trinajstić information content (AvgIpc) is 2.67. The summed E-state index contributed by atoms with van der Waals surface area (Å²) in [4.78, 5) is 22.6. The Labute approximate surface area is 93.7 Å². The molecule has 0 aliphatic carbocycles. The van der Waals surface area contributed by atoms with Crippen LogP contribution in [0.2, 0.25) is 0 Å². The van der Waals surface area contributed by atoms with E-state index in [1.165, 1.54) is 0 Å². The number of carbonyl (C=O) groups excluding carboxylic acids is 1. The molecule has 3 N–H and O–H groups in total. The predicted molar refractivity (Wildman–Crippen MR) is 57.1 cm³/mol. The molecular weight excluding hydrogens is 212 g/mol. The largest absolute Gasteiger partial charge is 0.479 e. The molecule has 0 spiro atoms. The number of carboxylic acids is 1. The molecule has 6 nitrogen and oxygen atoms in total. The molecule has 1 fully saturated rings. The average molecular weight is 228 g/mol. The van der Waals surface area contributed by atoms with Gasteiger partial charge in [-0.1, -0.05) is 6.08 Å². The molecule has 0 aromatic carbocycles. The van der Waals surface area contributed by atoms with E-state index in [4.69, 9.17) is 9.84 Å². The van der Waals surface area contributed by atoms with E-state index in [2.05, 4.69) is 17.2 Å². The normalized spacial score (nSPS) is 25.8. The molecule has 2 unspecified atom stereocenters. The van der Waals surface area contributed by atoms with E-state index < -0.39 is 17.5 Å². The fourth-order valence-electron chi connectivity index (χ4n) is 1.40. The number of aliphatic carboxylic acids is 1. The third-order valence-corrected chi connectivity index (χ3v) is 2.50. The minimum atomic E-state index is -1.30. The van der Waals surface area contributed by atoms with Gasteiger partial charge < -0.3 is 20.5 Å². The number of nitrogens with one attached hydrogen (secondary N) is 2. The molecule has 0 bridgehead atoms. The van der Waals surface area contributed by atoms with Crippen LogP contribution in [0, 0.1) is 0 Å². The Bertz CT molecular complexity index is 297. The lowest BCUT2D eigenvalue weighted by atomic mass is 9.99. The molecule has 0 saturated carbocycles. The molecule has 1 aliphatic heterocycles. The smallest absolute Gasteiger partial charge is 0.332 e. The maximum Gasteiger partial charge on any atom is 0.332 e. The molecule has 2 atom stereocenters. The summed E-state index contributed by atoms with van der Waals surface area (Å²) in [6.45, 7) is 5.59. The van der Waals surface area contributed by atoms with Crippen molar-refractivity contribution < 1.29 is 19.4 Å². The van der Waals surface area contributed by atoms with E-state index in [1.54, 1.807) is 13.0 Å². The number of amides is 2. The number of hydrogen-bond acceptors (Lipinski definition) is 3. The monoisotopic (exact) mass is 228 g/mol. The predicted octanol–water partition coefficient (Wildman–Crippen LogP) is 0.104. The Morgan fingerprint density at radius 2 is 2.31 bits per heavy atom. The molecule has 1 rings (SSSR count). The van der Waals surface area contributed by atoms with Crippen molar-refractivity contribution in [2.24, 2.45) is 0 Å². The first-order valence-electron chi connectivity index (χ1n) is 5.02. The SMILES string of the molecule is C=CC(C)NC(=O)NC1(C(=O)O)CCOC1. The van der Waals surface area contributed by atoms with E-state index in [9.17, 15) is 9.59 Å². The highest BCUT2D eigenvalue weighted by molar-refractivity contribution is 5.86. The van der Waals surface area contributed by atoms with E-state index in [1.807, 2.05) is 0 Å². The third-order valence-electron chi connectivity index (χ3n) is 2.50. The Kier molecular flexibility index (Phi) is 3.89. The van der Waals surface area contributed by atoms with Crippen molar-refractivity contribution >= 4 is 12.0 Å². The van der Waals surface area contributed by atoms with Gasteiger partial charge in [0.2, 0.25) is 0 Å². The van der Waals surface area contributed by atoms with Gasteiger partial charge in [0.15, 0.2) is 5.54 Å². The van der Waals surface area contributed by atoms with Gasteiger partial charge in [-0.15, -0.1) is 6.58 Å². The number of rotatable bonds is 4. The highest BCUT2D eigenvalue weighted by atomic mass is 16.5. The first kappa shape index (κ1) is 12.5. The summed E-state index contributed by atoms with van der Waals surface area (Å²) in [6.07, 6.45) is 1.83. The fraction of sp³-hybridized carbons (Fsp3) is 0.600. The first-order chi connectivity index (χ1) is 7.50. The molecule has 90 valence electrons. The van der Waals surface area contributed by atoms with Gasteiger partial charge in [-0.05, 0) is 6.92 Å². The van der Waals surface area contributed by atoms with Crippen LogP contribution in [0.5, 0.6) is 0 Å². The molecule has 1 saturated heterocycles. The van der Waals surface area contributed by atoms with Crippen LogP contribution in [0.15, 0.2) is 12.7 Å². The van der Waals surface area contributed by atoms with E-state index in [0.29, 0.717) is 6.61 Å². The van der Waals surface area contributed by atoms with Crippen molar-refractivity contribution in [2.75, 3.05) is 13.2 Å². The zero-order valence-electron chi connectivity index (χ0n) is 9.16. The number of ether oxygens (including phenoxy) is 1. The van der Waals surface area contributed by atoms with Crippen molar-refractivity contribution in [1.29, 1.82) is 0 Å². The van der Waals surface area contributed by atoms with Gasteiger partial charge in [0, 0.05) is 19.1 Å². The molecule has 0 aromatic heterocycles. The quantitative estimate of drug-likeness (QED) is 0.596. The van der Waals surface area contributed by atoms with Crippen molar-refractivity contribution in [1.82, 2.24) is 10.6 Å². The third kappa shape index (κ3) is 2.73. The second-order valence-corrected chi connectivity index (χ2v) is 3.81. The summed E-state index contributed by atoms with van der Waals surface area (Å²) in [5.41, 5.74) is -1.30. The minimum absolute atomic E-state index is 0.00176. The molecule has 0 aromatic rings. The molecule has 1 heterocycles. The van der Waals surface area contributed by atoms with Crippen molar-refractivity contribution in [3.63, 3.8) is 0 Å². The lowest BCUT2D eigenvalue weighted by molar-refractivity contribution is -0.144. The summed E-state index contributed by atoms with van der Waals surface area (Å²) in [5, 5.41) is 14.0. The second kappa shape index (κ2) is 4.98. The van der Waals surface area contributed by atoms with Crippen LogP contribution in [0.1, 0.15) is 13.3 Å². The standard InChI is InChI=1S/C10H16N2O4/c1-3-7(2)11-9(15)12-10(8(13)14)4-5-16-6-10/h3,7H,1,4-6H2,2H3,(H,13,14)(H2,11,12,15). The molecule has 0 radical (unpaired) electrons. The molecule has 16 heavy (non-hydrogen) atoms. The Morgan fingerprint density at radius 3 is 2.75 bits per heavy atom. The van der Waals surface area contributed by atoms with Crippen LogP contribution in [0.3, 0.4) is 0 Å². The van der Waals surface area contributed by atoms with Gasteiger partial charge >= 0.3 is 12.0 Å². The summed E-state index contributed by atoms with van der Waals surface area (Å²) >= 11 is 0. The molecule has 1 aliphatic rings. The minimum Gasteiger partial charge on any atom is -0.479 e. The number of carboxylic acid groups (broad SMARTS) is 1. The van der Waals surface area contributed by atoms with Crippen LogP contribution in [-0.2, 0) is 9.53 Å².